The Kier molecular flexibility index (Phi) is 187. The van der Waals surface area contributed by atoms with Crippen LogP contribution in [0.25, 0.3) is 0 Å². The van der Waals surface area contributed by atoms with Crippen LogP contribution in [0.4, 0.5) is 0 Å². The minimum Gasteiger partial charge on any atom is -0.672 e. The van der Waals surface area contributed by atoms with E-state index in [4.69, 9.17) is 98.4 Å². The Morgan fingerprint density at radius 2 is 0.265 bits per heavy atom. The fourth-order valence-corrected chi connectivity index (χ4v) is 0. The van der Waals surface area contributed by atoms with Crippen molar-refractivity contribution in [3.05, 3.63) is 0 Å². The van der Waals surface area contributed by atoms with Crippen LogP contribution < -0.4 is 67.1 Å². The van der Waals surface area contributed by atoms with Gasteiger partial charge < -0.3 is 98.4 Å². The first-order valence-electron chi connectivity index (χ1n) is 4.29. The Hall–Kier alpha value is 2.15. The summed E-state index contributed by atoms with van der Waals surface area (Å²) in [5, 5.41) is 0. The normalized spacial score (nSPS) is 4.94. The van der Waals surface area contributed by atoms with Gasteiger partial charge in [-0.3, -0.25) is 0 Å². The Labute approximate surface area is 306 Å². The Morgan fingerprint density at radius 1 is 0.265 bits per heavy atom. The van der Waals surface area contributed by atoms with Gasteiger partial charge >= 0.3 is 149 Å². The molecule has 0 aliphatic carbocycles. The summed E-state index contributed by atoms with van der Waals surface area (Å²) in [5.74, 6) is 0. The molecule has 0 radical (unpaired) electrons. The summed E-state index contributed by atoms with van der Waals surface area (Å²) >= 11 is 0. The monoisotopic (exact) mass is 793 g/mol. The molecular formula is Al2Ca2O21Si7Zn2. The van der Waals surface area contributed by atoms with Crippen molar-refractivity contribution in [3.8, 4) is 0 Å². The van der Waals surface area contributed by atoms with E-state index < -0.39 is 64.2 Å². The molecule has 0 heterocycles. The van der Waals surface area contributed by atoms with Gasteiger partial charge in [-0.25, -0.2) is 0 Å². The van der Waals surface area contributed by atoms with E-state index in [9.17, 15) is 0 Å². The molecule has 0 unspecified atom stereocenters. The maximum atomic E-state index is 8.52. The molecule has 21 nitrogen and oxygen atoms in total. The molecule has 0 aromatic rings. The van der Waals surface area contributed by atoms with Gasteiger partial charge in [0.15, 0.2) is 0 Å². The van der Waals surface area contributed by atoms with Gasteiger partial charge in [0, 0.05) is 64.2 Å². The van der Waals surface area contributed by atoms with Gasteiger partial charge in [-0.05, 0) is 0 Å². The summed E-state index contributed by atoms with van der Waals surface area (Å²) in [6, 6.07) is 0. The molecule has 0 saturated heterocycles. The van der Waals surface area contributed by atoms with Crippen LogP contribution in [0.15, 0.2) is 0 Å². The predicted molar refractivity (Wildman–Crippen MR) is 68.1 cm³/mol. The van der Waals surface area contributed by atoms with Crippen molar-refractivity contribution in [1.82, 2.24) is 0 Å². The van der Waals surface area contributed by atoms with Gasteiger partial charge in [0.25, 0.3) is 0 Å². The zero-order chi connectivity index (χ0) is 25.0. The van der Waals surface area contributed by atoms with Crippen LogP contribution in [0.3, 0.4) is 0 Å². The molecule has 34 heavy (non-hydrogen) atoms. The van der Waals surface area contributed by atoms with Gasteiger partial charge in [0.2, 0.25) is 0 Å². The molecule has 34 heteroatoms. The van der Waals surface area contributed by atoms with Crippen molar-refractivity contribution < 1.29 is 137 Å². The van der Waals surface area contributed by atoms with Crippen molar-refractivity contribution in [2.75, 3.05) is 0 Å². The summed E-state index contributed by atoms with van der Waals surface area (Å²) < 4.78 is 59.6. The Morgan fingerprint density at radius 3 is 0.265 bits per heavy atom. The fourth-order valence-electron chi connectivity index (χ4n) is 0. The third kappa shape index (κ3) is 8120. The largest absolute Gasteiger partial charge is 3.00 e. The average Bonchev–Trinajstić information content (AvgIpc) is 2.20. The van der Waals surface area contributed by atoms with Crippen LogP contribution in [0, 0.1) is 0 Å². The van der Waals surface area contributed by atoms with Crippen LogP contribution in [0.1, 0.15) is 0 Å². The molecule has 0 atom stereocenters. The second kappa shape index (κ2) is 76.5. The molecule has 0 aromatic carbocycles. The SMILES string of the molecule is O=[Si]([O-])[O-].O=[Si]([O-])[O-].O=[Si]([O-])[O-].O=[Si]([O-])[O-].O=[Si]([O-])[O-].O=[Si]([O-])[O-].O=[Si]([O-])[O-].[Al+3].[Al+3].[Ca+2].[Ca+2].[Zn+2].[Zn+2]. The van der Waals surface area contributed by atoms with Gasteiger partial charge in [-0.15, -0.1) is 0 Å². The maximum Gasteiger partial charge on any atom is 3.00 e. The van der Waals surface area contributed by atoms with Crippen LogP contribution >= 0.6 is 0 Å². The van der Waals surface area contributed by atoms with E-state index in [-0.39, 0.29) is 149 Å². The van der Waals surface area contributed by atoms with Crippen LogP contribution in [0.5, 0.6) is 0 Å². The number of hydrogen-bond acceptors (Lipinski definition) is 21. The minimum absolute atomic E-state index is 0. The minimum atomic E-state index is -3.63. The van der Waals surface area contributed by atoms with E-state index in [0.717, 1.165) is 0 Å². The van der Waals surface area contributed by atoms with Crippen molar-refractivity contribution in [1.29, 1.82) is 0 Å². The summed E-state index contributed by atoms with van der Waals surface area (Å²) in [6.07, 6.45) is 0. The van der Waals surface area contributed by atoms with E-state index >= 15 is 0 Å². The van der Waals surface area contributed by atoms with Gasteiger partial charge in [0.1, 0.15) is 0 Å². The van der Waals surface area contributed by atoms with Crippen molar-refractivity contribution >= 4 is 174 Å². The Bertz CT molecular complexity index is 334. The quantitative estimate of drug-likeness (QED) is 0.205. The first kappa shape index (κ1) is 83.3. The molecule has 0 aromatic heterocycles. The maximum absolute atomic E-state index is 8.52. The number of hydrogen-bond donors (Lipinski definition) is 0. The van der Waals surface area contributed by atoms with Crippen molar-refractivity contribution in [2.24, 2.45) is 0 Å². The topological polar surface area (TPSA) is 442 Å². The molecule has 0 amide bonds. The van der Waals surface area contributed by atoms with E-state index in [1.807, 2.05) is 0 Å². The average molecular weight is 797 g/mol. The Balaban J connectivity index is -0.0000000134. The van der Waals surface area contributed by atoms with E-state index in [1.165, 1.54) is 0 Å². The molecule has 0 bridgehead atoms. The molecule has 0 N–H and O–H groups in total. The first-order valence-corrected chi connectivity index (χ1v) is 12.9. The summed E-state index contributed by atoms with van der Waals surface area (Å²) in [7, 11) is -25.4. The zero-order valence-electron chi connectivity index (χ0n) is 16.1. The summed E-state index contributed by atoms with van der Waals surface area (Å²) in [5.41, 5.74) is 0. The zero-order valence-corrected chi connectivity index (χ0v) is 35.7. The van der Waals surface area contributed by atoms with E-state index in [0.29, 0.717) is 0 Å². The standard InChI is InChI=1S/2Al.2Ca.7O3Si.2Zn/c;;;;7*1-4(2)3;;/q2*+3;2*+2;7*-2;2*+2. The second-order valence-corrected chi connectivity index (χ2v) is 5.25. The van der Waals surface area contributed by atoms with Crippen LogP contribution in [0.2, 0.25) is 0 Å². The first-order chi connectivity index (χ1) is 12.1. The molecular weight excluding hydrogens is 797 g/mol. The molecule has 0 rings (SSSR count). The molecule has 0 spiro atoms. The third-order valence-corrected chi connectivity index (χ3v) is 0. The van der Waals surface area contributed by atoms with E-state index in [1.54, 1.807) is 0 Å². The van der Waals surface area contributed by atoms with E-state index in [2.05, 4.69) is 0 Å². The van der Waals surface area contributed by atoms with Crippen molar-refractivity contribution in [3.63, 3.8) is 0 Å². The summed E-state index contributed by atoms with van der Waals surface area (Å²) in [4.78, 5) is 119. The van der Waals surface area contributed by atoms with Crippen LogP contribution in [-0.2, 0) is 70.2 Å². The van der Waals surface area contributed by atoms with Gasteiger partial charge in [-0.1, -0.05) is 0 Å². The van der Waals surface area contributed by atoms with Crippen LogP contribution in [-0.4, -0.2) is 174 Å². The molecule has 0 aliphatic heterocycles. The predicted octanol–water partition coefficient (Wildman–Crippen LogP) is -21.7. The molecule has 168 valence electrons. The molecule has 0 aliphatic rings. The van der Waals surface area contributed by atoms with Gasteiger partial charge in [0.05, 0.1) is 0 Å². The van der Waals surface area contributed by atoms with Gasteiger partial charge in [-0.2, -0.15) is 0 Å². The van der Waals surface area contributed by atoms with Crippen molar-refractivity contribution in [2.45, 2.75) is 0 Å². The number of rotatable bonds is 0. The third-order valence-electron chi connectivity index (χ3n) is 0. The summed E-state index contributed by atoms with van der Waals surface area (Å²) in [6.45, 7) is 0. The molecule has 0 fully saturated rings. The fraction of sp³-hybridized carbons (Fsp3) is 0. The second-order valence-electron chi connectivity index (χ2n) is 1.75. The molecule has 0 saturated carbocycles. The smallest absolute Gasteiger partial charge is 0.672 e.